The highest BCUT2D eigenvalue weighted by atomic mass is 16.5. The molecular formula is C14H24N2O10. The Kier molecular flexibility index (Phi) is 11.6. The first kappa shape index (κ1) is 23.6. The van der Waals surface area contributed by atoms with Crippen LogP contribution in [0.15, 0.2) is 0 Å². The van der Waals surface area contributed by atoms with Gasteiger partial charge in [-0.05, 0) is 0 Å². The average molecular weight is 380 g/mol. The molecule has 0 bridgehead atoms. The molecular weight excluding hydrogens is 356 g/mol. The summed E-state index contributed by atoms with van der Waals surface area (Å²) >= 11 is 0. The second-order valence-electron chi connectivity index (χ2n) is 5.36. The van der Waals surface area contributed by atoms with Gasteiger partial charge in [-0.2, -0.15) is 0 Å². The normalized spacial score (nSPS) is 11.1. The number of ether oxygens (including phenoxy) is 3. The van der Waals surface area contributed by atoms with Crippen LogP contribution in [0.1, 0.15) is 19.3 Å². The van der Waals surface area contributed by atoms with Gasteiger partial charge in [0.1, 0.15) is 5.54 Å². The Bertz CT molecular complexity index is 427. The number of carboxylic acids is 3. The van der Waals surface area contributed by atoms with E-state index in [4.69, 9.17) is 35.3 Å². The van der Waals surface area contributed by atoms with Crippen molar-refractivity contribution in [2.45, 2.75) is 24.8 Å². The molecule has 0 aliphatic rings. The molecule has 0 aliphatic carbocycles. The van der Waals surface area contributed by atoms with E-state index in [0.717, 1.165) is 0 Å². The Balaban J connectivity index is 4.83. The van der Waals surface area contributed by atoms with Crippen molar-refractivity contribution in [3.05, 3.63) is 0 Å². The van der Waals surface area contributed by atoms with Crippen LogP contribution < -0.4 is 11.1 Å². The molecule has 0 radical (unpaired) electrons. The third kappa shape index (κ3) is 12.9. The summed E-state index contributed by atoms with van der Waals surface area (Å²) in [7, 11) is 0. The molecule has 0 saturated carbocycles. The lowest BCUT2D eigenvalue weighted by Crippen LogP contribution is -2.60. The SMILES string of the molecule is NC(=O)NC(COCCC(=O)O)(COCCC(=O)O)COCCC(=O)O. The number of urea groups is 1. The molecule has 150 valence electrons. The van der Waals surface area contributed by atoms with Crippen LogP contribution in [0.2, 0.25) is 0 Å². The first-order valence-electron chi connectivity index (χ1n) is 7.63. The van der Waals surface area contributed by atoms with Crippen LogP contribution in [0.4, 0.5) is 4.79 Å². The van der Waals surface area contributed by atoms with Gasteiger partial charge in [0.15, 0.2) is 0 Å². The van der Waals surface area contributed by atoms with Crippen LogP contribution in [0.5, 0.6) is 0 Å². The zero-order valence-electron chi connectivity index (χ0n) is 14.1. The molecule has 2 amide bonds. The van der Waals surface area contributed by atoms with E-state index in [-0.39, 0.29) is 58.9 Å². The van der Waals surface area contributed by atoms with Crippen molar-refractivity contribution in [2.24, 2.45) is 5.73 Å². The minimum atomic E-state index is -1.33. The van der Waals surface area contributed by atoms with E-state index in [1.807, 2.05) is 0 Å². The monoisotopic (exact) mass is 380 g/mol. The predicted octanol–water partition coefficient (Wildman–Crippen LogP) is -1.13. The molecule has 0 aromatic rings. The van der Waals surface area contributed by atoms with Crippen molar-refractivity contribution in [3.63, 3.8) is 0 Å². The Labute approximate surface area is 149 Å². The van der Waals surface area contributed by atoms with Crippen LogP contribution in [0, 0.1) is 0 Å². The van der Waals surface area contributed by atoms with Crippen molar-refractivity contribution >= 4 is 23.9 Å². The maximum atomic E-state index is 11.3. The molecule has 0 aromatic heterocycles. The Morgan fingerprint density at radius 1 is 0.731 bits per heavy atom. The molecule has 12 nitrogen and oxygen atoms in total. The molecule has 0 aliphatic heterocycles. The van der Waals surface area contributed by atoms with E-state index < -0.39 is 29.5 Å². The van der Waals surface area contributed by atoms with Crippen LogP contribution in [0.3, 0.4) is 0 Å². The van der Waals surface area contributed by atoms with E-state index in [9.17, 15) is 19.2 Å². The summed E-state index contributed by atoms with van der Waals surface area (Å²) in [6.45, 7) is -1.15. The summed E-state index contributed by atoms with van der Waals surface area (Å²) in [5, 5.41) is 28.2. The number of carbonyl (C=O) groups excluding carboxylic acids is 1. The van der Waals surface area contributed by atoms with Gasteiger partial charge >= 0.3 is 23.9 Å². The second kappa shape index (κ2) is 12.9. The highest BCUT2D eigenvalue weighted by Crippen LogP contribution is 2.10. The quantitative estimate of drug-likeness (QED) is 0.204. The van der Waals surface area contributed by atoms with Gasteiger partial charge in [-0.25, -0.2) is 4.79 Å². The Hall–Kier alpha value is -2.44. The molecule has 0 heterocycles. The fourth-order valence-electron chi connectivity index (χ4n) is 1.78. The number of carbonyl (C=O) groups is 4. The number of nitrogens with two attached hydrogens (primary N) is 1. The van der Waals surface area contributed by atoms with Gasteiger partial charge in [0.2, 0.25) is 0 Å². The van der Waals surface area contributed by atoms with Crippen molar-refractivity contribution in [1.82, 2.24) is 5.32 Å². The molecule has 0 unspecified atom stereocenters. The molecule has 0 saturated heterocycles. The summed E-state index contributed by atoms with van der Waals surface area (Å²) in [4.78, 5) is 42.9. The van der Waals surface area contributed by atoms with E-state index >= 15 is 0 Å². The third-order valence-corrected chi connectivity index (χ3v) is 2.90. The zero-order chi connectivity index (χ0) is 20.0. The van der Waals surface area contributed by atoms with Gasteiger partial charge in [0.05, 0.1) is 58.9 Å². The molecule has 6 N–H and O–H groups in total. The van der Waals surface area contributed by atoms with Crippen LogP contribution >= 0.6 is 0 Å². The lowest BCUT2D eigenvalue weighted by Gasteiger charge is -2.33. The van der Waals surface area contributed by atoms with Crippen LogP contribution in [-0.2, 0) is 28.6 Å². The van der Waals surface area contributed by atoms with Gasteiger partial charge in [0, 0.05) is 0 Å². The van der Waals surface area contributed by atoms with Crippen molar-refractivity contribution in [3.8, 4) is 0 Å². The largest absolute Gasteiger partial charge is 0.481 e. The smallest absolute Gasteiger partial charge is 0.312 e. The zero-order valence-corrected chi connectivity index (χ0v) is 14.1. The number of nitrogens with one attached hydrogen (secondary N) is 1. The van der Waals surface area contributed by atoms with Crippen molar-refractivity contribution < 1.29 is 48.7 Å². The fourth-order valence-corrected chi connectivity index (χ4v) is 1.78. The van der Waals surface area contributed by atoms with Gasteiger partial charge in [-0.15, -0.1) is 0 Å². The van der Waals surface area contributed by atoms with Crippen molar-refractivity contribution in [2.75, 3.05) is 39.6 Å². The number of hydrogen-bond acceptors (Lipinski definition) is 7. The van der Waals surface area contributed by atoms with E-state index in [2.05, 4.69) is 5.32 Å². The van der Waals surface area contributed by atoms with E-state index in [0.29, 0.717) is 0 Å². The summed E-state index contributed by atoms with van der Waals surface area (Å²) in [5.74, 6) is -3.23. The standard InChI is InChI=1S/C14H24N2O10/c15-13(23)16-14(7-24-4-1-10(17)18,8-25-5-2-11(19)20)9-26-6-3-12(21)22/h1-9H2,(H,17,18)(H,19,20)(H,21,22)(H3,15,16,23). The topological polar surface area (TPSA) is 195 Å². The van der Waals surface area contributed by atoms with Gasteiger partial charge in [0.25, 0.3) is 0 Å². The van der Waals surface area contributed by atoms with Crippen LogP contribution in [-0.4, -0.2) is 84.4 Å². The van der Waals surface area contributed by atoms with Gasteiger partial charge in [-0.1, -0.05) is 0 Å². The minimum Gasteiger partial charge on any atom is -0.481 e. The predicted molar refractivity (Wildman–Crippen MR) is 84.7 cm³/mol. The molecule has 0 atom stereocenters. The number of hydrogen-bond donors (Lipinski definition) is 5. The second-order valence-corrected chi connectivity index (χ2v) is 5.36. The molecule has 0 aromatic carbocycles. The molecule has 0 rings (SSSR count). The maximum absolute atomic E-state index is 11.3. The lowest BCUT2D eigenvalue weighted by molar-refractivity contribution is -0.139. The fraction of sp³-hybridized carbons (Fsp3) is 0.714. The first-order chi connectivity index (χ1) is 12.2. The minimum absolute atomic E-state index is 0.151. The number of amides is 2. The first-order valence-corrected chi connectivity index (χ1v) is 7.63. The highest BCUT2D eigenvalue weighted by molar-refractivity contribution is 5.72. The van der Waals surface area contributed by atoms with Crippen LogP contribution in [0.25, 0.3) is 0 Å². The summed E-state index contributed by atoms with van der Waals surface area (Å²) in [5.41, 5.74) is 3.80. The lowest BCUT2D eigenvalue weighted by atomic mass is 10.0. The highest BCUT2D eigenvalue weighted by Gasteiger charge is 2.33. The van der Waals surface area contributed by atoms with E-state index in [1.165, 1.54) is 0 Å². The third-order valence-electron chi connectivity index (χ3n) is 2.90. The maximum Gasteiger partial charge on any atom is 0.312 e. The number of aliphatic carboxylic acids is 3. The summed E-state index contributed by atoms with van der Waals surface area (Å²) in [6.07, 6.45) is -0.814. The van der Waals surface area contributed by atoms with Crippen molar-refractivity contribution in [1.29, 1.82) is 0 Å². The molecule has 26 heavy (non-hydrogen) atoms. The molecule has 12 heteroatoms. The molecule has 0 fully saturated rings. The van der Waals surface area contributed by atoms with Gasteiger partial charge in [-0.3, -0.25) is 14.4 Å². The van der Waals surface area contributed by atoms with E-state index in [1.54, 1.807) is 0 Å². The summed E-state index contributed by atoms with van der Waals surface area (Å²) < 4.78 is 15.7. The summed E-state index contributed by atoms with van der Waals surface area (Å²) in [6, 6.07) is -0.935. The average Bonchev–Trinajstić information content (AvgIpc) is 2.51. The number of rotatable bonds is 16. The number of primary amides is 1. The molecule has 0 spiro atoms. The van der Waals surface area contributed by atoms with Gasteiger partial charge < -0.3 is 40.6 Å². The Morgan fingerprint density at radius 2 is 1.04 bits per heavy atom. The Morgan fingerprint density at radius 3 is 1.27 bits per heavy atom. The number of carboxylic acid groups (broad SMARTS) is 3.